The first-order chi connectivity index (χ1) is 6.64. The summed E-state index contributed by atoms with van der Waals surface area (Å²) in [5.74, 6) is 0. The fourth-order valence-electron chi connectivity index (χ4n) is 1.80. The van der Waals surface area contributed by atoms with Crippen LogP contribution in [0.1, 0.15) is 32.6 Å². The fraction of sp³-hybridized carbons (Fsp3) is 1.00. The molecule has 2 nitrogen and oxygen atoms in total. The van der Waals surface area contributed by atoms with Crippen molar-refractivity contribution in [2.45, 2.75) is 57.8 Å². The largest absolute Gasteiger partial charge is 0.418 e. The molecule has 1 rings (SSSR count). The molecule has 0 aromatic rings. The number of ether oxygens (including phenoxy) is 1. The molecule has 1 saturated heterocycles. The summed E-state index contributed by atoms with van der Waals surface area (Å²) in [6, 6.07) is 1.31. The van der Waals surface area contributed by atoms with Crippen molar-refractivity contribution in [2.75, 3.05) is 13.2 Å². The molecule has 1 heterocycles. The first-order valence-corrected chi connectivity index (χ1v) is 9.01. The Morgan fingerprint density at radius 2 is 2.00 bits per heavy atom. The molecule has 1 fully saturated rings. The number of hydrogen-bond acceptors (Lipinski definition) is 2. The smallest absolute Gasteiger partial charge is 0.186 e. The van der Waals surface area contributed by atoms with E-state index in [4.69, 9.17) is 9.16 Å². The van der Waals surface area contributed by atoms with E-state index in [9.17, 15) is 0 Å². The molecule has 0 radical (unpaired) electrons. The molecule has 0 spiro atoms. The summed E-state index contributed by atoms with van der Waals surface area (Å²) in [7, 11) is -1.30. The molecule has 0 N–H and O–H groups in total. The Hall–Kier alpha value is 0.137. The van der Waals surface area contributed by atoms with Crippen LogP contribution in [0.5, 0.6) is 0 Å². The van der Waals surface area contributed by atoms with Crippen LogP contribution in [0.15, 0.2) is 0 Å². The third-order valence-electron chi connectivity index (χ3n) is 2.74. The van der Waals surface area contributed by atoms with Crippen molar-refractivity contribution in [1.29, 1.82) is 0 Å². The Balaban J connectivity index is 1.90. The van der Waals surface area contributed by atoms with Gasteiger partial charge in [-0.25, -0.2) is 0 Å². The standard InChI is InChI=1S/C11H24O2Si/c1-4-13-14(2,3)9-7-5-6-8-11-10-12-11/h11H,4-10H2,1-3H3. The van der Waals surface area contributed by atoms with Gasteiger partial charge >= 0.3 is 0 Å². The summed E-state index contributed by atoms with van der Waals surface area (Å²) in [6.07, 6.45) is 5.92. The average Bonchev–Trinajstić information content (AvgIpc) is 2.87. The maximum atomic E-state index is 5.78. The lowest BCUT2D eigenvalue weighted by Gasteiger charge is -2.21. The van der Waals surface area contributed by atoms with E-state index < -0.39 is 8.32 Å². The molecule has 3 heteroatoms. The second-order valence-electron chi connectivity index (χ2n) is 4.75. The number of rotatable bonds is 8. The second kappa shape index (κ2) is 5.88. The van der Waals surface area contributed by atoms with Gasteiger partial charge in [-0.05, 0) is 32.5 Å². The van der Waals surface area contributed by atoms with E-state index in [-0.39, 0.29) is 0 Å². The topological polar surface area (TPSA) is 21.8 Å². The molecule has 0 aromatic heterocycles. The van der Waals surface area contributed by atoms with Crippen molar-refractivity contribution in [1.82, 2.24) is 0 Å². The van der Waals surface area contributed by atoms with Crippen molar-refractivity contribution < 1.29 is 9.16 Å². The molecule has 1 aliphatic heterocycles. The van der Waals surface area contributed by atoms with Gasteiger partial charge in [-0.3, -0.25) is 0 Å². The van der Waals surface area contributed by atoms with E-state index in [1.807, 2.05) is 0 Å². The third-order valence-corrected chi connectivity index (χ3v) is 5.37. The first kappa shape index (κ1) is 12.2. The molecule has 84 valence electrons. The van der Waals surface area contributed by atoms with Gasteiger partial charge in [0.1, 0.15) is 0 Å². The molecular formula is C11H24O2Si. The second-order valence-corrected chi connectivity index (χ2v) is 9.06. The van der Waals surface area contributed by atoms with Crippen LogP contribution in [0.3, 0.4) is 0 Å². The van der Waals surface area contributed by atoms with E-state index >= 15 is 0 Å². The highest BCUT2D eigenvalue weighted by atomic mass is 28.4. The van der Waals surface area contributed by atoms with Crippen LogP contribution in [0.25, 0.3) is 0 Å². The quantitative estimate of drug-likeness (QED) is 0.353. The Bertz CT molecular complexity index is 155. The van der Waals surface area contributed by atoms with E-state index in [1.54, 1.807) is 0 Å². The van der Waals surface area contributed by atoms with Gasteiger partial charge in [0, 0.05) is 6.61 Å². The summed E-state index contributed by atoms with van der Waals surface area (Å²) < 4.78 is 11.0. The Labute approximate surface area is 89.1 Å². The molecule has 0 bridgehead atoms. The van der Waals surface area contributed by atoms with Gasteiger partial charge in [0.2, 0.25) is 0 Å². The number of epoxide rings is 1. The van der Waals surface area contributed by atoms with Crippen molar-refractivity contribution in [3.8, 4) is 0 Å². The zero-order valence-electron chi connectivity index (χ0n) is 9.84. The molecular weight excluding hydrogens is 192 g/mol. The molecule has 0 aromatic carbocycles. The molecule has 0 amide bonds. The Kier molecular flexibility index (Phi) is 5.13. The molecule has 1 atom stereocenters. The van der Waals surface area contributed by atoms with Gasteiger partial charge < -0.3 is 9.16 Å². The molecule has 1 aliphatic rings. The maximum Gasteiger partial charge on any atom is 0.186 e. The minimum absolute atomic E-state index is 0.618. The van der Waals surface area contributed by atoms with E-state index in [0.717, 1.165) is 13.2 Å². The van der Waals surface area contributed by atoms with Gasteiger partial charge in [0.15, 0.2) is 8.32 Å². The Morgan fingerprint density at radius 1 is 1.29 bits per heavy atom. The summed E-state index contributed by atoms with van der Waals surface area (Å²) in [4.78, 5) is 0. The lowest BCUT2D eigenvalue weighted by atomic mass is 10.2. The fourth-order valence-corrected chi connectivity index (χ4v) is 3.82. The van der Waals surface area contributed by atoms with Gasteiger partial charge in [-0.2, -0.15) is 0 Å². The maximum absolute atomic E-state index is 5.78. The Morgan fingerprint density at radius 3 is 2.57 bits per heavy atom. The van der Waals surface area contributed by atoms with Gasteiger partial charge in [-0.15, -0.1) is 0 Å². The zero-order valence-corrected chi connectivity index (χ0v) is 10.8. The molecule has 1 unspecified atom stereocenters. The molecule has 0 saturated carbocycles. The van der Waals surface area contributed by atoms with Gasteiger partial charge in [0.25, 0.3) is 0 Å². The van der Waals surface area contributed by atoms with E-state index in [2.05, 4.69) is 20.0 Å². The summed E-state index contributed by atoms with van der Waals surface area (Å²) in [5, 5.41) is 0. The van der Waals surface area contributed by atoms with Gasteiger partial charge in [0.05, 0.1) is 12.7 Å². The first-order valence-electron chi connectivity index (χ1n) is 5.89. The van der Waals surface area contributed by atoms with E-state index in [1.165, 1.54) is 31.7 Å². The van der Waals surface area contributed by atoms with Crippen LogP contribution >= 0.6 is 0 Å². The summed E-state index contributed by atoms with van der Waals surface area (Å²) in [6.45, 7) is 8.63. The lowest BCUT2D eigenvalue weighted by molar-refractivity contribution is 0.327. The minimum Gasteiger partial charge on any atom is -0.418 e. The van der Waals surface area contributed by atoms with Crippen LogP contribution in [0.2, 0.25) is 19.1 Å². The molecule has 14 heavy (non-hydrogen) atoms. The van der Waals surface area contributed by atoms with Crippen LogP contribution in [-0.2, 0) is 9.16 Å². The normalized spacial score (nSPS) is 21.2. The highest BCUT2D eigenvalue weighted by molar-refractivity contribution is 6.71. The van der Waals surface area contributed by atoms with Crippen LogP contribution < -0.4 is 0 Å². The lowest BCUT2D eigenvalue weighted by Crippen LogP contribution is -2.29. The summed E-state index contributed by atoms with van der Waals surface area (Å²) >= 11 is 0. The monoisotopic (exact) mass is 216 g/mol. The average molecular weight is 216 g/mol. The van der Waals surface area contributed by atoms with Gasteiger partial charge in [-0.1, -0.05) is 19.3 Å². The van der Waals surface area contributed by atoms with E-state index in [0.29, 0.717) is 6.10 Å². The highest BCUT2D eigenvalue weighted by Gasteiger charge is 2.22. The van der Waals surface area contributed by atoms with Crippen molar-refractivity contribution >= 4 is 8.32 Å². The summed E-state index contributed by atoms with van der Waals surface area (Å²) in [5.41, 5.74) is 0. The van der Waals surface area contributed by atoms with Crippen molar-refractivity contribution in [2.24, 2.45) is 0 Å². The predicted octanol–water partition coefficient (Wildman–Crippen LogP) is 3.19. The van der Waals surface area contributed by atoms with Crippen LogP contribution in [0, 0.1) is 0 Å². The zero-order chi connectivity index (χ0) is 10.4. The highest BCUT2D eigenvalue weighted by Crippen LogP contribution is 2.20. The van der Waals surface area contributed by atoms with Crippen LogP contribution in [0.4, 0.5) is 0 Å². The number of hydrogen-bond donors (Lipinski definition) is 0. The predicted molar refractivity (Wildman–Crippen MR) is 62.1 cm³/mol. The minimum atomic E-state index is -1.30. The SMILES string of the molecule is CCO[Si](C)(C)CCCCCC1CO1. The molecule has 0 aliphatic carbocycles. The number of unbranched alkanes of at least 4 members (excludes halogenated alkanes) is 2. The van der Waals surface area contributed by atoms with Crippen molar-refractivity contribution in [3.63, 3.8) is 0 Å². The third kappa shape index (κ3) is 5.78. The van der Waals surface area contributed by atoms with Crippen LogP contribution in [-0.4, -0.2) is 27.6 Å². The van der Waals surface area contributed by atoms with Crippen molar-refractivity contribution in [3.05, 3.63) is 0 Å².